The van der Waals surface area contributed by atoms with Crippen molar-refractivity contribution < 1.29 is 0 Å². The van der Waals surface area contributed by atoms with Gasteiger partial charge in [0.2, 0.25) is 0 Å². The summed E-state index contributed by atoms with van der Waals surface area (Å²) < 4.78 is 0. The summed E-state index contributed by atoms with van der Waals surface area (Å²) in [6.45, 7) is 8.04. The molecule has 1 aliphatic rings. The molecule has 100 valence electrons. The van der Waals surface area contributed by atoms with Crippen LogP contribution in [0.15, 0.2) is 24.3 Å². The Labute approximate surface area is 112 Å². The van der Waals surface area contributed by atoms with E-state index in [-0.39, 0.29) is 0 Å². The summed E-state index contributed by atoms with van der Waals surface area (Å²) in [6.07, 6.45) is 6.47. The van der Waals surface area contributed by atoms with Gasteiger partial charge in [-0.15, -0.1) is 0 Å². The van der Waals surface area contributed by atoms with Gasteiger partial charge in [-0.25, -0.2) is 0 Å². The van der Waals surface area contributed by atoms with E-state index in [0.29, 0.717) is 11.5 Å². The lowest BCUT2D eigenvalue weighted by molar-refractivity contribution is 0.281. The maximum absolute atomic E-state index is 3.75. The van der Waals surface area contributed by atoms with Gasteiger partial charge in [0.05, 0.1) is 0 Å². The highest BCUT2D eigenvalue weighted by molar-refractivity contribution is 5.31. The third kappa shape index (κ3) is 2.47. The van der Waals surface area contributed by atoms with Crippen molar-refractivity contribution in [1.29, 1.82) is 0 Å². The van der Waals surface area contributed by atoms with E-state index >= 15 is 0 Å². The van der Waals surface area contributed by atoms with Gasteiger partial charge in [-0.05, 0) is 44.7 Å². The first-order valence-corrected chi connectivity index (χ1v) is 7.53. The quantitative estimate of drug-likeness (QED) is 0.820. The van der Waals surface area contributed by atoms with Crippen molar-refractivity contribution >= 4 is 0 Å². The number of rotatable bonds is 5. The Morgan fingerprint density at radius 1 is 1.22 bits per heavy atom. The largest absolute Gasteiger partial charge is 0.313 e. The topological polar surface area (TPSA) is 12.0 Å². The first kappa shape index (κ1) is 13.6. The summed E-state index contributed by atoms with van der Waals surface area (Å²) in [5, 5.41) is 3.75. The normalized spacial score (nSPS) is 22.9. The summed E-state index contributed by atoms with van der Waals surface area (Å²) in [5.41, 5.74) is 3.25. The van der Waals surface area contributed by atoms with Crippen LogP contribution in [0.5, 0.6) is 0 Å². The molecule has 0 aliphatic carbocycles. The van der Waals surface area contributed by atoms with Crippen LogP contribution in [0.1, 0.15) is 57.1 Å². The zero-order valence-electron chi connectivity index (χ0n) is 12.1. The molecule has 1 aromatic carbocycles. The zero-order valence-corrected chi connectivity index (χ0v) is 12.1. The molecule has 0 saturated carbocycles. The minimum Gasteiger partial charge on any atom is -0.313 e. The molecule has 2 atom stereocenters. The molecule has 2 rings (SSSR count). The number of hydrogen-bond acceptors (Lipinski definition) is 1. The highest BCUT2D eigenvalue weighted by Gasteiger charge is 2.39. The summed E-state index contributed by atoms with van der Waals surface area (Å²) in [5.74, 6) is 0. The van der Waals surface area contributed by atoms with E-state index in [4.69, 9.17) is 0 Å². The van der Waals surface area contributed by atoms with Crippen LogP contribution in [0.4, 0.5) is 0 Å². The Hall–Kier alpha value is -0.820. The SMILES string of the molecule is CCCC(CC)(c1ccc(C)cc1)C1CCCN1. The number of aryl methyl sites for hydroxylation is 1. The van der Waals surface area contributed by atoms with Gasteiger partial charge >= 0.3 is 0 Å². The Morgan fingerprint density at radius 3 is 2.44 bits per heavy atom. The number of benzene rings is 1. The molecule has 1 heterocycles. The minimum atomic E-state index is 0.346. The molecule has 1 aliphatic heterocycles. The van der Waals surface area contributed by atoms with Crippen LogP contribution in [0, 0.1) is 6.92 Å². The lowest BCUT2D eigenvalue weighted by Gasteiger charge is -2.39. The van der Waals surface area contributed by atoms with Gasteiger partial charge in [0.25, 0.3) is 0 Å². The average Bonchev–Trinajstić information content (AvgIpc) is 2.91. The van der Waals surface area contributed by atoms with Gasteiger partial charge in [0, 0.05) is 11.5 Å². The van der Waals surface area contributed by atoms with Crippen LogP contribution >= 0.6 is 0 Å². The van der Waals surface area contributed by atoms with Crippen LogP contribution in [-0.2, 0) is 5.41 Å². The van der Waals surface area contributed by atoms with E-state index in [1.54, 1.807) is 0 Å². The fourth-order valence-corrected chi connectivity index (χ4v) is 3.63. The molecule has 0 spiro atoms. The maximum Gasteiger partial charge on any atom is 0.0164 e. The number of hydrogen-bond donors (Lipinski definition) is 1. The monoisotopic (exact) mass is 245 g/mol. The first-order valence-electron chi connectivity index (χ1n) is 7.53. The Kier molecular flexibility index (Phi) is 4.45. The molecule has 0 aromatic heterocycles. The Bertz CT molecular complexity index is 362. The standard InChI is InChI=1S/C17H27N/c1-4-12-17(5-2,16-7-6-13-18-16)15-10-8-14(3)9-11-15/h8-11,16,18H,4-7,12-13H2,1-3H3. The zero-order chi connectivity index (χ0) is 13.0. The van der Waals surface area contributed by atoms with Crippen molar-refractivity contribution in [3.63, 3.8) is 0 Å². The Balaban J connectivity index is 2.35. The van der Waals surface area contributed by atoms with Crippen molar-refractivity contribution in [2.24, 2.45) is 0 Å². The van der Waals surface area contributed by atoms with Gasteiger partial charge in [-0.3, -0.25) is 0 Å². The van der Waals surface area contributed by atoms with Gasteiger partial charge in [-0.2, -0.15) is 0 Å². The van der Waals surface area contributed by atoms with Crippen molar-refractivity contribution in [3.8, 4) is 0 Å². The second-order valence-electron chi connectivity index (χ2n) is 5.77. The number of nitrogens with one attached hydrogen (secondary N) is 1. The molecule has 1 aromatic rings. The van der Waals surface area contributed by atoms with Crippen molar-refractivity contribution in [2.75, 3.05) is 6.54 Å². The van der Waals surface area contributed by atoms with E-state index in [1.807, 2.05) is 0 Å². The molecule has 1 N–H and O–H groups in total. The average molecular weight is 245 g/mol. The fourth-order valence-electron chi connectivity index (χ4n) is 3.63. The van der Waals surface area contributed by atoms with E-state index in [1.165, 1.54) is 49.8 Å². The van der Waals surface area contributed by atoms with E-state index in [9.17, 15) is 0 Å². The van der Waals surface area contributed by atoms with Crippen molar-refractivity contribution in [3.05, 3.63) is 35.4 Å². The van der Waals surface area contributed by atoms with E-state index in [2.05, 4.69) is 50.4 Å². The molecule has 0 radical (unpaired) electrons. The lowest BCUT2D eigenvalue weighted by Crippen LogP contribution is -2.44. The molecule has 0 amide bonds. The molecule has 1 saturated heterocycles. The van der Waals surface area contributed by atoms with Crippen LogP contribution in [0.2, 0.25) is 0 Å². The minimum absolute atomic E-state index is 0.346. The molecular formula is C17H27N. The molecule has 1 nitrogen and oxygen atoms in total. The molecular weight excluding hydrogens is 218 g/mol. The van der Waals surface area contributed by atoms with Crippen molar-refractivity contribution in [1.82, 2.24) is 5.32 Å². The van der Waals surface area contributed by atoms with Crippen LogP contribution in [-0.4, -0.2) is 12.6 Å². The van der Waals surface area contributed by atoms with E-state index < -0.39 is 0 Å². The lowest BCUT2D eigenvalue weighted by atomic mass is 9.68. The van der Waals surface area contributed by atoms with E-state index in [0.717, 1.165) is 0 Å². The molecule has 0 bridgehead atoms. The highest BCUT2D eigenvalue weighted by atomic mass is 15.0. The van der Waals surface area contributed by atoms with Crippen LogP contribution in [0.25, 0.3) is 0 Å². The van der Waals surface area contributed by atoms with Gasteiger partial charge < -0.3 is 5.32 Å². The smallest absolute Gasteiger partial charge is 0.0164 e. The van der Waals surface area contributed by atoms with Crippen LogP contribution < -0.4 is 5.32 Å². The summed E-state index contributed by atoms with van der Waals surface area (Å²) in [6, 6.07) is 9.92. The highest BCUT2D eigenvalue weighted by Crippen LogP contribution is 2.39. The molecule has 18 heavy (non-hydrogen) atoms. The third-order valence-electron chi connectivity index (χ3n) is 4.68. The summed E-state index contributed by atoms with van der Waals surface area (Å²) in [7, 11) is 0. The van der Waals surface area contributed by atoms with Gasteiger partial charge in [-0.1, -0.05) is 50.1 Å². The summed E-state index contributed by atoms with van der Waals surface area (Å²) in [4.78, 5) is 0. The Morgan fingerprint density at radius 2 is 1.94 bits per heavy atom. The van der Waals surface area contributed by atoms with Gasteiger partial charge in [0.1, 0.15) is 0 Å². The predicted octanol–water partition coefficient (Wildman–Crippen LogP) is 4.19. The second kappa shape index (κ2) is 5.88. The van der Waals surface area contributed by atoms with Crippen molar-refractivity contribution in [2.45, 2.75) is 64.3 Å². The summed E-state index contributed by atoms with van der Waals surface area (Å²) >= 11 is 0. The first-order chi connectivity index (χ1) is 8.73. The van der Waals surface area contributed by atoms with Crippen LogP contribution in [0.3, 0.4) is 0 Å². The maximum atomic E-state index is 3.75. The fraction of sp³-hybridized carbons (Fsp3) is 0.647. The molecule has 1 fully saturated rings. The second-order valence-corrected chi connectivity index (χ2v) is 5.77. The molecule has 2 unspecified atom stereocenters. The third-order valence-corrected chi connectivity index (χ3v) is 4.68. The molecule has 1 heteroatoms. The predicted molar refractivity (Wildman–Crippen MR) is 79.1 cm³/mol. The van der Waals surface area contributed by atoms with Gasteiger partial charge in [0.15, 0.2) is 0 Å².